The summed E-state index contributed by atoms with van der Waals surface area (Å²) < 4.78 is 1.37. The Morgan fingerprint density at radius 1 is 1.55 bits per heavy atom. The SMILES string of the molecule is Cc1nc(C)n(-c2ncc([N+](=O)[O-])cc2C(N)=NO)n1. The molecule has 0 spiro atoms. The van der Waals surface area contributed by atoms with Crippen LogP contribution in [0.3, 0.4) is 0 Å². The molecule has 0 aromatic carbocycles. The van der Waals surface area contributed by atoms with Crippen LogP contribution < -0.4 is 5.73 Å². The maximum absolute atomic E-state index is 10.8. The van der Waals surface area contributed by atoms with E-state index in [4.69, 9.17) is 10.9 Å². The van der Waals surface area contributed by atoms with E-state index in [1.165, 1.54) is 4.68 Å². The van der Waals surface area contributed by atoms with Crippen LogP contribution in [-0.2, 0) is 0 Å². The number of hydrogen-bond acceptors (Lipinski definition) is 7. The summed E-state index contributed by atoms with van der Waals surface area (Å²) in [7, 11) is 0. The van der Waals surface area contributed by atoms with Crippen molar-refractivity contribution in [3.05, 3.63) is 39.6 Å². The normalized spacial score (nSPS) is 11.6. The molecule has 2 aromatic heterocycles. The molecule has 0 bridgehead atoms. The van der Waals surface area contributed by atoms with Crippen molar-refractivity contribution in [2.75, 3.05) is 0 Å². The van der Waals surface area contributed by atoms with Crippen molar-refractivity contribution in [3.63, 3.8) is 0 Å². The zero-order valence-electron chi connectivity index (χ0n) is 10.7. The highest BCUT2D eigenvalue weighted by Crippen LogP contribution is 2.18. The van der Waals surface area contributed by atoms with Crippen LogP contribution in [0.1, 0.15) is 17.2 Å². The molecule has 2 heterocycles. The van der Waals surface area contributed by atoms with Crippen molar-refractivity contribution in [2.45, 2.75) is 13.8 Å². The Hall–Kier alpha value is -3.04. The molecule has 3 N–H and O–H groups in total. The minimum Gasteiger partial charge on any atom is -0.409 e. The standard InChI is InChI=1S/C10H11N7O3/c1-5-13-6(2)16(14-5)10-8(9(11)15-18)3-7(4-12-10)17(19)20/h3-4,18H,1-2H3,(H2,11,15). The van der Waals surface area contributed by atoms with Crippen LogP contribution in [0, 0.1) is 24.0 Å². The molecule has 2 aromatic rings. The molecule has 10 nitrogen and oxygen atoms in total. The number of nitrogens with two attached hydrogens (primary N) is 1. The number of pyridine rings is 1. The fraction of sp³-hybridized carbons (Fsp3) is 0.200. The zero-order chi connectivity index (χ0) is 14.9. The highest BCUT2D eigenvalue weighted by atomic mass is 16.6. The molecule has 0 aliphatic heterocycles. The van der Waals surface area contributed by atoms with Crippen LogP contribution in [-0.4, -0.2) is 35.7 Å². The monoisotopic (exact) mass is 277 g/mol. The molecule has 0 aliphatic carbocycles. The van der Waals surface area contributed by atoms with Crippen LogP contribution in [0.5, 0.6) is 0 Å². The van der Waals surface area contributed by atoms with Crippen molar-refractivity contribution in [3.8, 4) is 5.82 Å². The Morgan fingerprint density at radius 3 is 2.75 bits per heavy atom. The van der Waals surface area contributed by atoms with Crippen LogP contribution in [0.15, 0.2) is 17.4 Å². The number of aryl methyl sites for hydroxylation is 2. The Bertz CT molecular complexity index is 707. The number of amidine groups is 1. The van der Waals surface area contributed by atoms with Crippen molar-refractivity contribution < 1.29 is 10.1 Å². The van der Waals surface area contributed by atoms with E-state index in [-0.39, 0.29) is 22.9 Å². The summed E-state index contributed by atoms with van der Waals surface area (Å²) >= 11 is 0. The first-order chi connectivity index (χ1) is 9.43. The maximum atomic E-state index is 10.8. The number of oxime groups is 1. The van der Waals surface area contributed by atoms with Crippen LogP contribution in [0.25, 0.3) is 5.82 Å². The number of rotatable bonds is 3. The van der Waals surface area contributed by atoms with E-state index >= 15 is 0 Å². The molecule has 0 fully saturated rings. The van der Waals surface area contributed by atoms with Crippen molar-refractivity contribution >= 4 is 11.5 Å². The van der Waals surface area contributed by atoms with Crippen LogP contribution in [0.4, 0.5) is 5.69 Å². The second-order valence-electron chi connectivity index (χ2n) is 3.93. The lowest BCUT2D eigenvalue weighted by molar-refractivity contribution is -0.385. The third-order valence-corrected chi connectivity index (χ3v) is 2.52. The summed E-state index contributed by atoms with van der Waals surface area (Å²) in [4.78, 5) is 18.2. The van der Waals surface area contributed by atoms with Crippen molar-refractivity contribution in [1.29, 1.82) is 0 Å². The Kier molecular flexibility index (Phi) is 3.29. The summed E-state index contributed by atoms with van der Waals surface area (Å²) in [6.07, 6.45) is 1.07. The van der Waals surface area contributed by atoms with E-state index in [2.05, 4.69) is 20.2 Å². The average Bonchev–Trinajstić information content (AvgIpc) is 2.75. The number of aromatic nitrogens is 4. The third-order valence-electron chi connectivity index (χ3n) is 2.52. The highest BCUT2D eigenvalue weighted by molar-refractivity contribution is 6.00. The van der Waals surface area contributed by atoms with E-state index in [0.717, 1.165) is 12.3 Å². The van der Waals surface area contributed by atoms with Crippen LogP contribution in [0.2, 0.25) is 0 Å². The van der Waals surface area contributed by atoms with Gasteiger partial charge in [0.1, 0.15) is 17.8 Å². The van der Waals surface area contributed by atoms with Gasteiger partial charge in [0.05, 0.1) is 10.5 Å². The first-order valence-corrected chi connectivity index (χ1v) is 5.47. The summed E-state index contributed by atoms with van der Waals surface area (Å²) in [5, 5.41) is 26.5. The van der Waals surface area contributed by atoms with Gasteiger partial charge in [-0.25, -0.2) is 9.97 Å². The predicted molar refractivity (Wildman–Crippen MR) is 67.8 cm³/mol. The van der Waals surface area contributed by atoms with Gasteiger partial charge in [0.25, 0.3) is 5.69 Å². The first-order valence-electron chi connectivity index (χ1n) is 5.47. The lowest BCUT2D eigenvalue weighted by Crippen LogP contribution is -2.19. The summed E-state index contributed by atoms with van der Waals surface area (Å²) in [6, 6.07) is 1.16. The highest BCUT2D eigenvalue weighted by Gasteiger charge is 2.19. The molecule has 20 heavy (non-hydrogen) atoms. The molecule has 0 amide bonds. The number of hydrogen-bond donors (Lipinski definition) is 2. The van der Waals surface area contributed by atoms with Gasteiger partial charge in [-0.1, -0.05) is 5.16 Å². The van der Waals surface area contributed by atoms with Crippen LogP contribution >= 0.6 is 0 Å². The predicted octanol–water partition coefficient (Wildman–Crippen LogP) is 0.282. The summed E-state index contributed by atoms with van der Waals surface area (Å²) in [5.74, 6) is 0.928. The van der Waals surface area contributed by atoms with E-state index in [1.54, 1.807) is 13.8 Å². The quantitative estimate of drug-likeness (QED) is 0.269. The van der Waals surface area contributed by atoms with Gasteiger partial charge in [-0.3, -0.25) is 10.1 Å². The van der Waals surface area contributed by atoms with Crippen molar-refractivity contribution in [1.82, 2.24) is 19.7 Å². The summed E-state index contributed by atoms with van der Waals surface area (Å²) in [6.45, 7) is 3.39. The molecule has 0 aliphatic rings. The van der Waals surface area contributed by atoms with E-state index in [0.29, 0.717) is 11.6 Å². The van der Waals surface area contributed by atoms with E-state index in [9.17, 15) is 10.1 Å². The second-order valence-corrected chi connectivity index (χ2v) is 3.93. The molecule has 0 atom stereocenters. The van der Waals surface area contributed by atoms with Gasteiger partial charge in [-0.05, 0) is 13.8 Å². The van der Waals surface area contributed by atoms with Crippen molar-refractivity contribution in [2.24, 2.45) is 10.9 Å². The fourth-order valence-corrected chi connectivity index (χ4v) is 1.68. The molecule has 0 saturated heterocycles. The topological polar surface area (TPSA) is 145 Å². The molecule has 104 valence electrons. The summed E-state index contributed by atoms with van der Waals surface area (Å²) in [5.41, 5.74) is 5.35. The largest absolute Gasteiger partial charge is 0.409 e. The second kappa shape index (κ2) is 4.91. The molecule has 2 rings (SSSR count). The third kappa shape index (κ3) is 2.25. The minimum atomic E-state index is -0.621. The molecule has 0 unspecified atom stereocenters. The molecular weight excluding hydrogens is 266 g/mol. The lowest BCUT2D eigenvalue weighted by atomic mass is 10.2. The minimum absolute atomic E-state index is 0.0923. The lowest BCUT2D eigenvalue weighted by Gasteiger charge is -2.07. The van der Waals surface area contributed by atoms with Gasteiger partial charge in [0.15, 0.2) is 11.7 Å². The maximum Gasteiger partial charge on any atom is 0.288 e. The van der Waals surface area contributed by atoms with Gasteiger partial charge in [0.2, 0.25) is 0 Å². The van der Waals surface area contributed by atoms with Gasteiger partial charge < -0.3 is 10.9 Å². The Balaban J connectivity index is 2.70. The first kappa shape index (κ1) is 13.4. The smallest absolute Gasteiger partial charge is 0.288 e. The van der Waals surface area contributed by atoms with E-state index in [1.807, 2.05) is 0 Å². The van der Waals surface area contributed by atoms with E-state index < -0.39 is 4.92 Å². The van der Waals surface area contributed by atoms with Gasteiger partial charge in [-0.15, -0.1) is 5.10 Å². The van der Waals surface area contributed by atoms with Gasteiger partial charge in [-0.2, -0.15) is 4.68 Å². The van der Waals surface area contributed by atoms with Gasteiger partial charge >= 0.3 is 0 Å². The fourth-order valence-electron chi connectivity index (χ4n) is 1.68. The Labute approximate surface area is 112 Å². The number of nitro groups is 1. The van der Waals surface area contributed by atoms with Gasteiger partial charge in [0, 0.05) is 6.07 Å². The average molecular weight is 277 g/mol. The molecule has 10 heteroatoms. The Morgan fingerprint density at radius 2 is 2.25 bits per heavy atom. The molecule has 0 radical (unpaired) electrons. The zero-order valence-corrected chi connectivity index (χ0v) is 10.7. The number of nitrogens with zero attached hydrogens (tertiary/aromatic N) is 6. The molecule has 0 saturated carbocycles. The molecular formula is C10H11N7O3.